The summed E-state index contributed by atoms with van der Waals surface area (Å²) < 4.78 is 54.8. The fraction of sp³-hybridized carbons (Fsp3) is 0.316. The van der Waals surface area contributed by atoms with E-state index in [1.165, 1.54) is 19.2 Å². The van der Waals surface area contributed by atoms with Gasteiger partial charge >= 0.3 is 12.3 Å². The van der Waals surface area contributed by atoms with E-state index in [9.17, 15) is 18.0 Å². The SMILES string of the molecule is CCc1ccc(OCc2c(C)cccc2OC(=O)OC)c(C(F)(F)F)c1. The summed E-state index contributed by atoms with van der Waals surface area (Å²) in [6, 6.07) is 8.91. The number of methoxy groups -OCH3 is 1. The van der Waals surface area contributed by atoms with Crippen molar-refractivity contribution >= 4 is 6.16 Å². The standard InChI is InChI=1S/C19H19F3O4/c1-4-13-8-9-17(15(10-13)19(20,21)22)25-11-14-12(2)6-5-7-16(14)26-18(23)24-3/h5-10H,4,11H2,1-3H3. The quantitative estimate of drug-likeness (QED) is 0.531. The van der Waals surface area contributed by atoms with E-state index in [1.807, 2.05) is 0 Å². The zero-order valence-electron chi connectivity index (χ0n) is 14.6. The molecule has 0 aliphatic carbocycles. The summed E-state index contributed by atoms with van der Waals surface area (Å²) in [4.78, 5) is 11.3. The van der Waals surface area contributed by atoms with Gasteiger partial charge in [0.2, 0.25) is 0 Å². The van der Waals surface area contributed by atoms with Crippen LogP contribution in [0.1, 0.15) is 29.2 Å². The van der Waals surface area contributed by atoms with Crippen LogP contribution in [0, 0.1) is 6.92 Å². The van der Waals surface area contributed by atoms with Gasteiger partial charge in [-0.05, 0) is 42.7 Å². The van der Waals surface area contributed by atoms with Gasteiger partial charge in [0.15, 0.2) is 0 Å². The summed E-state index contributed by atoms with van der Waals surface area (Å²) in [5.74, 6) is -0.0995. The lowest BCUT2D eigenvalue weighted by atomic mass is 10.1. The first kappa shape index (κ1) is 19.6. The molecule has 0 saturated heterocycles. The average Bonchev–Trinajstić information content (AvgIpc) is 2.60. The Kier molecular flexibility index (Phi) is 6.13. The molecule has 0 amide bonds. The van der Waals surface area contributed by atoms with Crippen LogP contribution in [-0.2, 0) is 23.9 Å². The minimum atomic E-state index is -4.53. The summed E-state index contributed by atoms with van der Waals surface area (Å²) >= 11 is 0. The number of alkyl halides is 3. The van der Waals surface area contributed by atoms with E-state index in [4.69, 9.17) is 9.47 Å². The number of halogens is 3. The van der Waals surface area contributed by atoms with Gasteiger partial charge in [0.05, 0.1) is 12.7 Å². The Balaban J connectivity index is 2.31. The van der Waals surface area contributed by atoms with Gasteiger partial charge in [-0.15, -0.1) is 0 Å². The van der Waals surface area contributed by atoms with Crippen molar-refractivity contribution in [2.24, 2.45) is 0 Å². The highest BCUT2D eigenvalue weighted by atomic mass is 19.4. The Bertz CT molecular complexity index is 785. The highest BCUT2D eigenvalue weighted by Crippen LogP contribution is 2.37. The molecular formula is C19H19F3O4. The van der Waals surface area contributed by atoms with Crippen molar-refractivity contribution in [1.29, 1.82) is 0 Å². The maximum Gasteiger partial charge on any atom is 0.513 e. The number of ether oxygens (including phenoxy) is 3. The maximum absolute atomic E-state index is 13.3. The lowest BCUT2D eigenvalue weighted by Crippen LogP contribution is -2.12. The van der Waals surface area contributed by atoms with Gasteiger partial charge in [-0.2, -0.15) is 13.2 Å². The minimum absolute atomic E-state index is 0.176. The highest BCUT2D eigenvalue weighted by molar-refractivity contribution is 5.64. The normalized spacial score (nSPS) is 11.2. The van der Waals surface area contributed by atoms with Crippen LogP contribution in [0.15, 0.2) is 36.4 Å². The fourth-order valence-electron chi connectivity index (χ4n) is 2.38. The van der Waals surface area contributed by atoms with E-state index >= 15 is 0 Å². The van der Waals surface area contributed by atoms with Crippen molar-refractivity contribution in [1.82, 2.24) is 0 Å². The zero-order valence-corrected chi connectivity index (χ0v) is 14.6. The monoisotopic (exact) mass is 368 g/mol. The third-order valence-corrected chi connectivity index (χ3v) is 3.86. The third kappa shape index (κ3) is 4.68. The lowest BCUT2D eigenvalue weighted by molar-refractivity contribution is -0.139. The smallest absolute Gasteiger partial charge is 0.488 e. The van der Waals surface area contributed by atoms with Crippen molar-refractivity contribution in [3.05, 3.63) is 58.7 Å². The van der Waals surface area contributed by atoms with Crippen LogP contribution in [0.25, 0.3) is 0 Å². The van der Waals surface area contributed by atoms with E-state index in [-0.39, 0.29) is 18.1 Å². The van der Waals surface area contributed by atoms with Gasteiger partial charge < -0.3 is 14.2 Å². The zero-order chi connectivity index (χ0) is 19.3. The summed E-state index contributed by atoms with van der Waals surface area (Å²) in [7, 11) is 1.17. The molecule has 140 valence electrons. The van der Waals surface area contributed by atoms with Gasteiger partial charge in [-0.3, -0.25) is 0 Å². The second-order valence-corrected chi connectivity index (χ2v) is 5.58. The van der Waals surface area contributed by atoms with Crippen LogP contribution >= 0.6 is 0 Å². The molecular weight excluding hydrogens is 349 g/mol. The number of aryl methyl sites for hydroxylation is 2. The molecule has 0 aliphatic rings. The molecule has 7 heteroatoms. The van der Waals surface area contributed by atoms with Crippen LogP contribution in [0.5, 0.6) is 11.5 Å². The molecule has 0 unspecified atom stereocenters. The Morgan fingerprint density at radius 3 is 2.46 bits per heavy atom. The van der Waals surface area contributed by atoms with Gasteiger partial charge in [0, 0.05) is 5.56 Å². The van der Waals surface area contributed by atoms with E-state index < -0.39 is 17.9 Å². The molecule has 0 aromatic heterocycles. The predicted octanol–water partition coefficient (Wildman–Crippen LogP) is 5.30. The van der Waals surface area contributed by atoms with Gasteiger partial charge in [-0.25, -0.2) is 4.79 Å². The number of rotatable bonds is 5. The molecule has 0 N–H and O–H groups in total. The van der Waals surface area contributed by atoms with E-state index in [0.717, 1.165) is 6.07 Å². The van der Waals surface area contributed by atoms with Crippen molar-refractivity contribution in [3.8, 4) is 11.5 Å². The molecule has 0 radical (unpaired) electrons. The summed E-state index contributed by atoms with van der Waals surface area (Å²) in [6.07, 6.45) is -4.96. The first-order valence-electron chi connectivity index (χ1n) is 7.93. The van der Waals surface area contributed by atoms with E-state index in [1.54, 1.807) is 32.0 Å². The van der Waals surface area contributed by atoms with Crippen LogP contribution < -0.4 is 9.47 Å². The molecule has 0 spiro atoms. The van der Waals surface area contributed by atoms with E-state index in [2.05, 4.69) is 4.74 Å². The average molecular weight is 368 g/mol. The second-order valence-electron chi connectivity index (χ2n) is 5.58. The first-order chi connectivity index (χ1) is 12.3. The van der Waals surface area contributed by atoms with Crippen LogP contribution in [-0.4, -0.2) is 13.3 Å². The first-order valence-corrected chi connectivity index (χ1v) is 7.93. The second kappa shape index (κ2) is 8.12. The predicted molar refractivity (Wildman–Crippen MR) is 89.4 cm³/mol. The fourth-order valence-corrected chi connectivity index (χ4v) is 2.38. The lowest BCUT2D eigenvalue weighted by Gasteiger charge is -2.17. The van der Waals surface area contributed by atoms with Crippen LogP contribution in [0.2, 0.25) is 0 Å². The number of carbonyl (C=O) groups is 1. The third-order valence-electron chi connectivity index (χ3n) is 3.86. The molecule has 2 aromatic rings. The summed E-state index contributed by atoms with van der Waals surface area (Å²) in [5.41, 5.74) is 0.909. The van der Waals surface area contributed by atoms with Gasteiger partial charge in [0.1, 0.15) is 18.1 Å². The summed E-state index contributed by atoms with van der Waals surface area (Å²) in [5, 5.41) is 0. The van der Waals surface area contributed by atoms with Crippen LogP contribution in [0.4, 0.5) is 18.0 Å². The van der Waals surface area contributed by atoms with Crippen molar-refractivity contribution in [2.45, 2.75) is 33.1 Å². The molecule has 2 rings (SSSR count). The number of carbonyl (C=O) groups excluding carboxylic acids is 1. The molecule has 4 nitrogen and oxygen atoms in total. The Morgan fingerprint density at radius 1 is 1.12 bits per heavy atom. The van der Waals surface area contributed by atoms with Gasteiger partial charge in [-0.1, -0.05) is 25.1 Å². The number of hydrogen-bond acceptors (Lipinski definition) is 4. The van der Waals surface area contributed by atoms with Crippen molar-refractivity contribution in [2.75, 3.05) is 7.11 Å². The molecule has 0 atom stereocenters. The molecule has 0 aliphatic heterocycles. The minimum Gasteiger partial charge on any atom is -0.488 e. The Morgan fingerprint density at radius 2 is 1.85 bits per heavy atom. The molecule has 0 saturated carbocycles. The Hall–Kier alpha value is -2.70. The highest BCUT2D eigenvalue weighted by Gasteiger charge is 2.34. The number of hydrogen-bond donors (Lipinski definition) is 0. The molecule has 0 bridgehead atoms. The molecule has 2 aromatic carbocycles. The summed E-state index contributed by atoms with van der Waals surface area (Å²) in [6.45, 7) is 3.33. The Labute approximate surface area is 149 Å². The topological polar surface area (TPSA) is 44.8 Å². The molecule has 0 fully saturated rings. The maximum atomic E-state index is 13.3. The van der Waals surface area contributed by atoms with Crippen molar-refractivity contribution in [3.63, 3.8) is 0 Å². The van der Waals surface area contributed by atoms with Crippen LogP contribution in [0.3, 0.4) is 0 Å². The molecule has 26 heavy (non-hydrogen) atoms. The van der Waals surface area contributed by atoms with E-state index in [0.29, 0.717) is 23.1 Å². The van der Waals surface area contributed by atoms with Crippen molar-refractivity contribution < 1.29 is 32.2 Å². The van der Waals surface area contributed by atoms with Gasteiger partial charge in [0.25, 0.3) is 0 Å². The number of benzene rings is 2. The largest absolute Gasteiger partial charge is 0.513 e. The molecule has 0 heterocycles.